The Bertz CT molecular complexity index is 795. The Labute approximate surface area is 138 Å². The molecule has 1 N–H and O–H groups in total. The quantitative estimate of drug-likeness (QED) is 0.773. The van der Waals surface area contributed by atoms with Gasteiger partial charge in [0, 0.05) is 37.2 Å². The van der Waals surface area contributed by atoms with Gasteiger partial charge in [0.1, 0.15) is 12.2 Å². The lowest BCUT2D eigenvalue weighted by molar-refractivity contribution is -0.137. The highest BCUT2D eigenvalue weighted by Gasteiger charge is 2.33. The molecule has 0 fully saturated rings. The molecular weight excluding hydrogens is 312 g/mol. The maximum absolute atomic E-state index is 12.9. The number of ether oxygens (including phenoxy) is 1. The normalized spacial score (nSPS) is 19.5. The van der Waals surface area contributed by atoms with Gasteiger partial charge in [-0.3, -0.25) is 9.89 Å². The summed E-state index contributed by atoms with van der Waals surface area (Å²) in [7, 11) is 1.33. The molecule has 0 radical (unpaired) electrons. The minimum atomic E-state index is -0.480. The molecule has 0 aromatic carbocycles. The van der Waals surface area contributed by atoms with Gasteiger partial charge < -0.3 is 9.64 Å². The summed E-state index contributed by atoms with van der Waals surface area (Å²) in [6.07, 6.45) is 3.72. The van der Waals surface area contributed by atoms with Crippen LogP contribution in [0, 0.1) is 5.92 Å². The maximum Gasteiger partial charge on any atom is 0.358 e. The largest absolute Gasteiger partial charge is 0.464 e. The lowest BCUT2D eigenvalue weighted by Gasteiger charge is -2.32. The lowest BCUT2D eigenvalue weighted by atomic mass is 9.96. The van der Waals surface area contributed by atoms with E-state index < -0.39 is 5.97 Å². The first kappa shape index (κ1) is 14.9. The Morgan fingerprint density at radius 2 is 2.25 bits per heavy atom. The predicted molar refractivity (Wildman–Crippen MR) is 80.9 cm³/mol. The summed E-state index contributed by atoms with van der Waals surface area (Å²) < 4.78 is 6.56. The zero-order chi connectivity index (χ0) is 16.7. The molecule has 4 rings (SSSR count). The van der Waals surface area contributed by atoms with Crippen molar-refractivity contribution in [1.29, 1.82) is 0 Å². The molecule has 0 saturated carbocycles. The van der Waals surface area contributed by atoms with Crippen molar-refractivity contribution in [2.45, 2.75) is 32.4 Å². The zero-order valence-corrected chi connectivity index (χ0v) is 13.4. The third-order valence-electron chi connectivity index (χ3n) is 4.78. The van der Waals surface area contributed by atoms with Crippen LogP contribution in [0.2, 0.25) is 0 Å². The number of methoxy groups -OCH3 is 1. The average Bonchev–Trinajstić information content (AvgIpc) is 3.25. The fourth-order valence-electron chi connectivity index (χ4n) is 3.45. The summed E-state index contributed by atoms with van der Waals surface area (Å²) in [6.45, 7) is 1.57. The third-order valence-corrected chi connectivity index (χ3v) is 4.78. The average molecular weight is 330 g/mol. The smallest absolute Gasteiger partial charge is 0.358 e. The number of carbonyl (C=O) groups excluding carboxylic acids is 2. The van der Waals surface area contributed by atoms with Crippen molar-refractivity contribution in [2.24, 2.45) is 5.92 Å². The fourth-order valence-corrected chi connectivity index (χ4v) is 3.45. The highest BCUT2D eigenvalue weighted by atomic mass is 16.5. The molecule has 24 heavy (non-hydrogen) atoms. The van der Waals surface area contributed by atoms with E-state index in [-0.39, 0.29) is 17.5 Å². The van der Waals surface area contributed by atoms with E-state index in [1.807, 2.05) is 0 Å². The van der Waals surface area contributed by atoms with E-state index in [9.17, 15) is 9.59 Å². The van der Waals surface area contributed by atoms with Gasteiger partial charge in [0.15, 0.2) is 5.69 Å². The highest BCUT2D eigenvalue weighted by molar-refractivity contribution is 5.89. The number of fused-ring (bicyclic) bond motifs is 2. The molecule has 2 aliphatic heterocycles. The summed E-state index contributed by atoms with van der Waals surface area (Å²) in [5, 5.41) is 11.1. The number of hydrogen-bond acceptors (Lipinski definition) is 6. The number of carbonyl (C=O) groups is 2. The van der Waals surface area contributed by atoms with Crippen LogP contribution in [0.15, 0.2) is 6.33 Å². The number of aryl methyl sites for hydroxylation is 1. The first-order chi connectivity index (χ1) is 11.7. The molecule has 1 unspecified atom stereocenters. The Morgan fingerprint density at radius 3 is 3.08 bits per heavy atom. The number of rotatable bonds is 2. The first-order valence-corrected chi connectivity index (χ1v) is 7.97. The van der Waals surface area contributed by atoms with Crippen molar-refractivity contribution >= 4 is 11.9 Å². The standard InChI is InChI=1S/C15H18N6O3/c1-24-15(23)13-10-7-20(5-4-11(10)18-19-13)14(22)9-2-3-12-16-8-17-21(12)6-9/h8-9H,2-7H2,1H3,(H,18,19). The van der Waals surface area contributed by atoms with Crippen molar-refractivity contribution in [3.8, 4) is 0 Å². The number of esters is 1. The SMILES string of the molecule is COC(=O)c1n[nH]c2c1CN(C(=O)C1CCc3ncnn3C1)CC2. The third kappa shape index (κ3) is 2.36. The number of aromatic nitrogens is 5. The van der Waals surface area contributed by atoms with Crippen LogP contribution >= 0.6 is 0 Å². The Hall–Kier alpha value is -2.71. The molecule has 2 aliphatic rings. The van der Waals surface area contributed by atoms with Gasteiger partial charge in [-0.1, -0.05) is 0 Å². The number of amides is 1. The molecule has 0 aliphatic carbocycles. The van der Waals surface area contributed by atoms with Crippen molar-refractivity contribution in [3.63, 3.8) is 0 Å². The molecule has 2 aromatic rings. The van der Waals surface area contributed by atoms with Gasteiger partial charge in [0.25, 0.3) is 0 Å². The van der Waals surface area contributed by atoms with E-state index in [4.69, 9.17) is 4.74 Å². The summed E-state index contributed by atoms with van der Waals surface area (Å²) in [6, 6.07) is 0. The van der Waals surface area contributed by atoms with Crippen LogP contribution in [0.5, 0.6) is 0 Å². The number of hydrogen-bond donors (Lipinski definition) is 1. The van der Waals surface area contributed by atoms with Crippen LogP contribution in [0.25, 0.3) is 0 Å². The van der Waals surface area contributed by atoms with Crippen LogP contribution in [-0.2, 0) is 35.5 Å². The second-order valence-corrected chi connectivity index (χ2v) is 6.12. The van der Waals surface area contributed by atoms with Gasteiger partial charge in [-0.25, -0.2) is 14.5 Å². The molecule has 0 spiro atoms. The van der Waals surface area contributed by atoms with Crippen molar-refractivity contribution < 1.29 is 14.3 Å². The second-order valence-electron chi connectivity index (χ2n) is 6.12. The maximum atomic E-state index is 12.9. The summed E-state index contributed by atoms with van der Waals surface area (Å²) in [5.74, 6) is 0.447. The molecule has 4 heterocycles. The van der Waals surface area contributed by atoms with E-state index in [2.05, 4.69) is 20.3 Å². The number of nitrogens with zero attached hydrogens (tertiary/aromatic N) is 5. The molecule has 1 atom stereocenters. The summed E-state index contributed by atoms with van der Waals surface area (Å²) in [5.41, 5.74) is 1.94. The van der Waals surface area contributed by atoms with E-state index in [1.165, 1.54) is 13.4 Å². The molecule has 126 valence electrons. The monoisotopic (exact) mass is 330 g/mol. The van der Waals surface area contributed by atoms with Crippen LogP contribution in [-0.4, -0.2) is 55.4 Å². The molecule has 0 bridgehead atoms. The minimum Gasteiger partial charge on any atom is -0.464 e. The Balaban J connectivity index is 1.51. The van der Waals surface area contributed by atoms with E-state index in [0.29, 0.717) is 26.1 Å². The minimum absolute atomic E-state index is 0.0961. The fraction of sp³-hybridized carbons (Fsp3) is 0.533. The highest BCUT2D eigenvalue weighted by Crippen LogP contribution is 2.25. The van der Waals surface area contributed by atoms with Crippen molar-refractivity contribution in [1.82, 2.24) is 29.9 Å². The molecular formula is C15H18N6O3. The first-order valence-electron chi connectivity index (χ1n) is 7.97. The van der Waals surface area contributed by atoms with Crippen LogP contribution in [0.4, 0.5) is 0 Å². The van der Waals surface area contributed by atoms with Crippen LogP contribution in [0.3, 0.4) is 0 Å². The second kappa shape index (κ2) is 5.73. The molecule has 1 amide bonds. The molecule has 0 saturated heterocycles. The van der Waals surface area contributed by atoms with Crippen molar-refractivity contribution in [2.75, 3.05) is 13.7 Å². The zero-order valence-electron chi connectivity index (χ0n) is 13.4. The van der Waals surface area contributed by atoms with Gasteiger partial charge in [0.05, 0.1) is 19.6 Å². The van der Waals surface area contributed by atoms with Gasteiger partial charge >= 0.3 is 5.97 Å². The van der Waals surface area contributed by atoms with E-state index in [1.54, 1.807) is 9.58 Å². The van der Waals surface area contributed by atoms with Crippen LogP contribution < -0.4 is 0 Å². The van der Waals surface area contributed by atoms with Gasteiger partial charge in [-0.05, 0) is 6.42 Å². The van der Waals surface area contributed by atoms with Gasteiger partial charge in [0.2, 0.25) is 5.91 Å². The number of aromatic amines is 1. The topological polar surface area (TPSA) is 106 Å². The predicted octanol–water partition coefficient (Wildman–Crippen LogP) is -0.0649. The molecule has 9 nitrogen and oxygen atoms in total. The lowest BCUT2D eigenvalue weighted by Crippen LogP contribution is -2.42. The molecule has 9 heteroatoms. The number of H-pyrrole nitrogens is 1. The van der Waals surface area contributed by atoms with E-state index >= 15 is 0 Å². The molecule has 2 aromatic heterocycles. The van der Waals surface area contributed by atoms with Gasteiger partial charge in [-0.2, -0.15) is 10.2 Å². The Morgan fingerprint density at radius 1 is 1.38 bits per heavy atom. The van der Waals surface area contributed by atoms with Crippen LogP contribution in [0.1, 0.15) is 34.0 Å². The number of nitrogens with one attached hydrogen (secondary N) is 1. The van der Waals surface area contributed by atoms with E-state index in [0.717, 1.165) is 29.9 Å². The van der Waals surface area contributed by atoms with Crippen molar-refractivity contribution in [3.05, 3.63) is 29.1 Å². The summed E-state index contributed by atoms with van der Waals surface area (Å²) >= 11 is 0. The van der Waals surface area contributed by atoms with Gasteiger partial charge in [-0.15, -0.1) is 0 Å². The Kier molecular flexibility index (Phi) is 3.55. The summed E-state index contributed by atoms with van der Waals surface area (Å²) in [4.78, 5) is 30.7.